The van der Waals surface area contributed by atoms with Gasteiger partial charge in [0.2, 0.25) is 5.91 Å². The van der Waals surface area contributed by atoms with Gasteiger partial charge in [0.25, 0.3) is 5.69 Å². The van der Waals surface area contributed by atoms with Crippen LogP contribution in [0.5, 0.6) is 0 Å². The number of carboxylic acids is 1. The Balaban J connectivity index is 2.26. The first kappa shape index (κ1) is 18.5. The van der Waals surface area contributed by atoms with Crippen molar-refractivity contribution in [2.45, 2.75) is 48.7 Å². The molecule has 2 rings (SSSR count). The molecule has 7 nitrogen and oxygen atoms in total. The van der Waals surface area contributed by atoms with Gasteiger partial charge in [-0.2, -0.15) is 0 Å². The number of nitrogens with zero attached hydrogens (tertiary/aromatic N) is 2. The number of aliphatic carboxylic acids is 1. The van der Waals surface area contributed by atoms with Crippen molar-refractivity contribution in [3.63, 3.8) is 0 Å². The predicted molar refractivity (Wildman–Crippen MR) is 93.6 cm³/mol. The van der Waals surface area contributed by atoms with E-state index in [-0.39, 0.29) is 17.1 Å². The number of carbonyl (C=O) groups excluding carboxylic acids is 1. The van der Waals surface area contributed by atoms with Crippen molar-refractivity contribution in [3.05, 3.63) is 34.4 Å². The zero-order valence-corrected chi connectivity index (χ0v) is 15.7. The SMILES string of the molecule is CC(C)[Si](C)(C)N1C(=O)[C@H](Sc2cccc([N+](=O)[O-])c2)[C@H]1C(=O)O. The molecule has 1 aliphatic rings. The molecule has 0 spiro atoms. The van der Waals surface area contributed by atoms with Crippen molar-refractivity contribution >= 4 is 37.6 Å². The van der Waals surface area contributed by atoms with Gasteiger partial charge in [0.1, 0.15) is 11.3 Å². The number of hydrogen-bond donors (Lipinski definition) is 1. The predicted octanol–water partition coefficient (Wildman–Crippen LogP) is 2.97. The zero-order valence-electron chi connectivity index (χ0n) is 13.9. The first-order chi connectivity index (χ1) is 11.1. The molecule has 24 heavy (non-hydrogen) atoms. The number of nitro benzene ring substituents is 1. The second-order valence-corrected chi connectivity index (χ2v) is 12.8. The van der Waals surface area contributed by atoms with Gasteiger partial charge in [0, 0.05) is 17.0 Å². The van der Waals surface area contributed by atoms with E-state index >= 15 is 0 Å². The molecule has 1 aromatic rings. The molecule has 9 heteroatoms. The monoisotopic (exact) mass is 368 g/mol. The molecule has 1 amide bonds. The van der Waals surface area contributed by atoms with E-state index in [1.807, 2.05) is 26.9 Å². The Hall–Kier alpha value is -1.87. The number of carboxylic acid groups (broad SMARTS) is 1. The van der Waals surface area contributed by atoms with Crippen LogP contribution in [0.25, 0.3) is 0 Å². The fraction of sp³-hybridized carbons (Fsp3) is 0.467. The van der Waals surface area contributed by atoms with Gasteiger partial charge in [0.15, 0.2) is 8.24 Å². The Labute approximate surface area is 145 Å². The molecule has 0 aromatic heterocycles. The topological polar surface area (TPSA) is 101 Å². The molecule has 0 radical (unpaired) electrons. The van der Waals surface area contributed by atoms with E-state index in [2.05, 4.69) is 0 Å². The number of amides is 1. The summed E-state index contributed by atoms with van der Waals surface area (Å²) < 4.78 is 1.55. The van der Waals surface area contributed by atoms with Gasteiger partial charge in [-0.3, -0.25) is 14.9 Å². The van der Waals surface area contributed by atoms with Crippen LogP contribution < -0.4 is 0 Å². The number of non-ortho nitro benzene ring substituents is 1. The summed E-state index contributed by atoms with van der Waals surface area (Å²) in [4.78, 5) is 35.1. The van der Waals surface area contributed by atoms with Crippen LogP contribution in [0, 0.1) is 10.1 Å². The molecule has 1 aromatic carbocycles. The van der Waals surface area contributed by atoms with Crippen molar-refractivity contribution in [2.75, 3.05) is 0 Å². The van der Waals surface area contributed by atoms with Crippen molar-refractivity contribution in [2.24, 2.45) is 0 Å². The summed E-state index contributed by atoms with van der Waals surface area (Å²) in [6, 6.07) is 5.03. The van der Waals surface area contributed by atoms with Crippen LogP contribution in [0.1, 0.15) is 13.8 Å². The van der Waals surface area contributed by atoms with Crippen molar-refractivity contribution < 1.29 is 19.6 Å². The van der Waals surface area contributed by atoms with E-state index in [1.165, 1.54) is 18.2 Å². The molecule has 1 aliphatic heterocycles. The third kappa shape index (κ3) is 3.18. The summed E-state index contributed by atoms with van der Waals surface area (Å²) in [6.45, 7) is 7.97. The second-order valence-electron chi connectivity index (χ2n) is 6.59. The van der Waals surface area contributed by atoms with Gasteiger partial charge in [-0.25, -0.2) is 4.79 Å². The summed E-state index contributed by atoms with van der Waals surface area (Å²) in [6.07, 6.45) is 0. The molecule has 0 aliphatic carbocycles. The molecule has 1 N–H and O–H groups in total. The molecule has 0 unspecified atom stereocenters. The lowest BCUT2D eigenvalue weighted by Crippen LogP contribution is -2.75. The van der Waals surface area contributed by atoms with E-state index in [1.54, 1.807) is 10.6 Å². The second kappa shape index (κ2) is 6.56. The van der Waals surface area contributed by atoms with Crippen LogP contribution in [0.2, 0.25) is 18.6 Å². The summed E-state index contributed by atoms with van der Waals surface area (Å²) in [5, 5.41) is 19.7. The van der Waals surface area contributed by atoms with Crippen LogP contribution in [0.4, 0.5) is 5.69 Å². The van der Waals surface area contributed by atoms with Gasteiger partial charge >= 0.3 is 5.97 Å². The number of rotatable bonds is 6. The van der Waals surface area contributed by atoms with Gasteiger partial charge in [0.05, 0.1) is 4.92 Å². The Morgan fingerprint density at radius 2 is 2.04 bits per heavy atom. The first-order valence-corrected chi connectivity index (χ1v) is 11.4. The number of hydrogen-bond acceptors (Lipinski definition) is 5. The average molecular weight is 368 g/mol. The van der Waals surface area contributed by atoms with Crippen LogP contribution in [-0.2, 0) is 9.59 Å². The molecule has 1 heterocycles. The van der Waals surface area contributed by atoms with E-state index in [0.717, 1.165) is 11.8 Å². The van der Waals surface area contributed by atoms with Crippen LogP contribution >= 0.6 is 11.8 Å². The zero-order chi connectivity index (χ0) is 18.2. The maximum absolute atomic E-state index is 12.6. The fourth-order valence-electron chi connectivity index (χ4n) is 2.55. The number of nitro groups is 1. The fourth-order valence-corrected chi connectivity index (χ4v) is 6.22. The number of benzene rings is 1. The highest BCUT2D eigenvalue weighted by atomic mass is 32.2. The van der Waals surface area contributed by atoms with Crippen LogP contribution in [0.3, 0.4) is 0 Å². The molecule has 1 fully saturated rings. The van der Waals surface area contributed by atoms with Crippen molar-refractivity contribution in [1.82, 2.24) is 4.57 Å². The molecule has 0 saturated carbocycles. The van der Waals surface area contributed by atoms with Gasteiger partial charge in [-0.05, 0) is 11.6 Å². The minimum atomic E-state index is -2.19. The normalized spacial score (nSPS) is 20.9. The lowest BCUT2D eigenvalue weighted by molar-refractivity contribution is -0.385. The standard InChI is InChI=1S/C15H20N2O5SSi/c1-9(2)24(3,4)16-12(15(19)20)13(14(16)18)23-11-7-5-6-10(8-11)17(21)22/h5-9,12-13H,1-4H3,(H,19,20)/t12-,13+/m0/s1. The average Bonchev–Trinajstić information content (AvgIpc) is 2.49. The highest BCUT2D eigenvalue weighted by molar-refractivity contribution is 8.00. The third-order valence-electron chi connectivity index (χ3n) is 4.62. The van der Waals surface area contributed by atoms with E-state index in [9.17, 15) is 24.8 Å². The molecular formula is C15H20N2O5SSi. The molecule has 130 valence electrons. The Kier molecular flexibility index (Phi) is 5.05. The minimum absolute atomic E-state index is 0.0765. The summed E-state index contributed by atoms with van der Waals surface area (Å²) >= 11 is 1.08. The van der Waals surface area contributed by atoms with Crippen LogP contribution in [-0.4, -0.2) is 46.0 Å². The van der Waals surface area contributed by atoms with E-state index < -0.39 is 30.4 Å². The first-order valence-electron chi connectivity index (χ1n) is 7.54. The molecule has 0 bridgehead atoms. The van der Waals surface area contributed by atoms with Crippen molar-refractivity contribution in [3.8, 4) is 0 Å². The highest BCUT2D eigenvalue weighted by Gasteiger charge is 2.58. The Bertz CT molecular complexity index is 694. The lowest BCUT2D eigenvalue weighted by atomic mass is 10.1. The maximum atomic E-state index is 12.6. The van der Waals surface area contributed by atoms with E-state index in [4.69, 9.17) is 0 Å². The Morgan fingerprint density at radius 1 is 1.42 bits per heavy atom. The minimum Gasteiger partial charge on any atom is -0.480 e. The maximum Gasteiger partial charge on any atom is 0.327 e. The van der Waals surface area contributed by atoms with Crippen molar-refractivity contribution in [1.29, 1.82) is 0 Å². The molecule has 2 atom stereocenters. The molecule has 1 saturated heterocycles. The molecular weight excluding hydrogens is 348 g/mol. The number of β-lactam (4-membered cyclic amide) rings is 1. The summed E-state index contributed by atoms with van der Waals surface area (Å²) in [5.74, 6) is -1.22. The summed E-state index contributed by atoms with van der Waals surface area (Å²) in [7, 11) is -2.19. The third-order valence-corrected chi connectivity index (χ3v) is 10.4. The van der Waals surface area contributed by atoms with Gasteiger partial charge in [-0.1, -0.05) is 33.0 Å². The smallest absolute Gasteiger partial charge is 0.327 e. The quantitative estimate of drug-likeness (QED) is 0.358. The van der Waals surface area contributed by atoms with Gasteiger partial charge in [-0.15, -0.1) is 11.8 Å². The van der Waals surface area contributed by atoms with E-state index in [0.29, 0.717) is 4.90 Å². The lowest BCUT2D eigenvalue weighted by Gasteiger charge is -2.53. The van der Waals surface area contributed by atoms with Crippen LogP contribution in [0.15, 0.2) is 29.2 Å². The largest absolute Gasteiger partial charge is 0.480 e. The summed E-state index contributed by atoms with van der Waals surface area (Å²) in [5.41, 5.74) is 0.152. The van der Waals surface area contributed by atoms with Gasteiger partial charge < -0.3 is 9.67 Å². The highest BCUT2D eigenvalue weighted by Crippen LogP contribution is 2.42. The number of thioether (sulfide) groups is 1. The number of carbonyl (C=O) groups is 2. The Morgan fingerprint density at radius 3 is 2.54 bits per heavy atom.